The number of pyridine rings is 1. The van der Waals surface area contributed by atoms with E-state index in [1.165, 1.54) is 6.07 Å². The van der Waals surface area contributed by atoms with Gasteiger partial charge in [0, 0.05) is 55.4 Å². The van der Waals surface area contributed by atoms with E-state index in [-0.39, 0.29) is 11.6 Å². The quantitative estimate of drug-likeness (QED) is 0.390. The SMILES string of the molecule is C[C@@H]1CN(c2cnc3c(ccn3Cc3ccc(C(=O)CO)cc3)c2)C[C@H](C)N1Cc1cccc(F)c1. The zero-order valence-corrected chi connectivity index (χ0v) is 20.6. The molecule has 6 nitrogen and oxygen atoms in total. The molecular weight excluding hydrogens is 455 g/mol. The average molecular weight is 487 g/mol. The highest BCUT2D eigenvalue weighted by molar-refractivity contribution is 5.96. The molecule has 0 radical (unpaired) electrons. The van der Waals surface area contributed by atoms with Crippen LogP contribution < -0.4 is 4.90 Å². The number of aliphatic hydroxyl groups excluding tert-OH is 1. The van der Waals surface area contributed by atoms with E-state index in [2.05, 4.69) is 40.3 Å². The van der Waals surface area contributed by atoms with Gasteiger partial charge in [0.05, 0.1) is 11.9 Å². The second-order valence-electron chi connectivity index (χ2n) is 9.73. The molecule has 4 aromatic rings. The van der Waals surface area contributed by atoms with Gasteiger partial charge in [0.2, 0.25) is 0 Å². The van der Waals surface area contributed by atoms with Gasteiger partial charge in [-0.05, 0) is 49.2 Å². The third kappa shape index (κ3) is 5.03. The van der Waals surface area contributed by atoms with Gasteiger partial charge in [-0.1, -0.05) is 36.4 Å². The van der Waals surface area contributed by atoms with E-state index in [4.69, 9.17) is 10.1 Å². The monoisotopic (exact) mass is 486 g/mol. The molecule has 1 aliphatic rings. The Hall–Kier alpha value is -3.55. The van der Waals surface area contributed by atoms with Gasteiger partial charge in [0.25, 0.3) is 0 Å². The van der Waals surface area contributed by atoms with Crippen LogP contribution in [0, 0.1) is 5.82 Å². The molecule has 0 saturated carbocycles. The molecule has 36 heavy (non-hydrogen) atoms. The van der Waals surface area contributed by atoms with Gasteiger partial charge in [-0.25, -0.2) is 9.37 Å². The maximum absolute atomic E-state index is 13.7. The number of ketones is 1. The summed E-state index contributed by atoms with van der Waals surface area (Å²) >= 11 is 0. The lowest BCUT2D eigenvalue weighted by Gasteiger charge is -2.45. The summed E-state index contributed by atoms with van der Waals surface area (Å²) in [6, 6.07) is 19.1. The number of anilines is 1. The van der Waals surface area contributed by atoms with Gasteiger partial charge in [0.1, 0.15) is 18.1 Å². The van der Waals surface area contributed by atoms with E-state index in [0.717, 1.165) is 47.5 Å². The van der Waals surface area contributed by atoms with E-state index < -0.39 is 6.61 Å². The molecule has 0 amide bonds. The third-order valence-electron chi connectivity index (χ3n) is 7.08. The number of fused-ring (bicyclic) bond motifs is 1. The van der Waals surface area contributed by atoms with Crippen LogP contribution in [0.4, 0.5) is 10.1 Å². The van der Waals surface area contributed by atoms with Crippen molar-refractivity contribution in [1.82, 2.24) is 14.5 Å². The van der Waals surface area contributed by atoms with Crippen molar-refractivity contribution < 1.29 is 14.3 Å². The molecule has 0 unspecified atom stereocenters. The largest absolute Gasteiger partial charge is 0.388 e. The first kappa shape index (κ1) is 24.2. The molecule has 1 saturated heterocycles. The van der Waals surface area contributed by atoms with Crippen molar-refractivity contribution in [3.8, 4) is 0 Å². The first-order valence-corrected chi connectivity index (χ1v) is 12.3. The highest BCUT2D eigenvalue weighted by atomic mass is 19.1. The number of carbonyl (C=O) groups is 1. The van der Waals surface area contributed by atoms with Gasteiger partial charge in [-0.3, -0.25) is 9.69 Å². The van der Waals surface area contributed by atoms with Crippen LogP contribution in [0.1, 0.15) is 35.3 Å². The van der Waals surface area contributed by atoms with Crippen LogP contribution in [-0.2, 0) is 13.1 Å². The number of Topliss-reactive ketones (excluding diaryl/α,β-unsaturated/α-hetero) is 1. The Morgan fingerprint density at radius 1 is 1.00 bits per heavy atom. The molecule has 0 spiro atoms. The van der Waals surface area contributed by atoms with E-state index >= 15 is 0 Å². The Morgan fingerprint density at radius 3 is 2.44 bits per heavy atom. The number of aliphatic hydroxyl groups is 1. The Kier molecular flexibility index (Phi) is 6.85. The van der Waals surface area contributed by atoms with Crippen molar-refractivity contribution in [2.75, 3.05) is 24.6 Å². The minimum absolute atomic E-state index is 0.188. The molecule has 7 heteroatoms. The van der Waals surface area contributed by atoms with Crippen LogP contribution in [0.15, 0.2) is 73.1 Å². The number of aromatic nitrogens is 2. The molecule has 0 aliphatic carbocycles. The maximum atomic E-state index is 13.7. The Balaban J connectivity index is 1.28. The van der Waals surface area contributed by atoms with Crippen LogP contribution in [0.25, 0.3) is 11.0 Å². The molecule has 186 valence electrons. The fourth-order valence-corrected chi connectivity index (χ4v) is 5.18. The number of hydrogen-bond acceptors (Lipinski definition) is 5. The molecule has 2 atom stereocenters. The molecule has 0 bridgehead atoms. The average Bonchev–Trinajstić information content (AvgIpc) is 3.28. The van der Waals surface area contributed by atoms with Crippen LogP contribution in [0.5, 0.6) is 0 Å². The van der Waals surface area contributed by atoms with Crippen molar-refractivity contribution >= 4 is 22.5 Å². The summed E-state index contributed by atoms with van der Waals surface area (Å²) < 4.78 is 15.8. The first-order valence-electron chi connectivity index (χ1n) is 12.3. The molecule has 1 aliphatic heterocycles. The van der Waals surface area contributed by atoms with Crippen molar-refractivity contribution in [3.05, 3.63) is 95.6 Å². The third-order valence-corrected chi connectivity index (χ3v) is 7.08. The molecule has 5 rings (SSSR count). The highest BCUT2D eigenvalue weighted by Crippen LogP contribution is 2.27. The lowest BCUT2D eigenvalue weighted by atomic mass is 10.1. The number of nitrogens with zero attached hydrogens (tertiary/aromatic N) is 4. The number of rotatable bonds is 7. The van der Waals surface area contributed by atoms with E-state index in [0.29, 0.717) is 24.2 Å². The second kappa shape index (κ2) is 10.2. The zero-order valence-electron chi connectivity index (χ0n) is 20.6. The van der Waals surface area contributed by atoms with Gasteiger partial charge in [-0.15, -0.1) is 0 Å². The Morgan fingerprint density at radius 2 is 1.75 bits per heavy atom. The Labute approximate surface area is 210 Å². The van der Waals surface area contributed by atoms with Crippen molar-refractivity contribution in [3.63, 3.8) is 0 Å². The van der Waals surface area contributed by atoms with Crippen LogP contribution in [0.2, 0.25) is 0 Å². The Bertz CT molecular complexity index is 1360. The minimum atomic E-state index is -0.479. The summed E-state index contributed by atoms with van der Waals surface area (Å²) in [7, 11) is 0. The lowest BCUT2D eigenvalue weighted by molar-refractivity contribution is 0.0903. The molecule has 2 aromatic heterocycles. The normalized spacial score (nSPS) is 18.6. The smallest absolute Gasteiger partial charge is 0.188 e. The summed E-state index contributed by atoms with van der Waals surface area (Å²) in [6.07, 6.45) is 3.99. The first-order chi connectivity index (χ1) is 17.4. The van der Waals surface area contributed by atoms with Crippen LogP contribution in [0.3, 0.4) is 0 Å². The van der Waals surface area contributed by atoms with Gasteiger partial charge >= 0.3 is 0 Å². The predicted octanol–water partition coefficient (Wildman–Crippen LogP) is 4.50. The molecule has 2 aromatic carbocycles. The summed E-state index contributed by atoms with van der Waals surface area (Å²) in [6.45, 7) is 7.12. The number of piperazine rings is 1. The summed E-state index contributed by atoms with van der Waals surface area (Å²) in [4.78, 5) is 21.3. The van der Waals surface area contributed by atoms with Crippen molar-refractivity contribution in [2.45, 2.75) is 39.0 Å². The number of hydrogen-bond donors (Lipinski definition) is 1. The summed E-state index contributed by atoms with van der Waals surface area (Å²) in [5, 5.41) is 10.1. The van der Waals surface area contributed by atoms with Crippen LogP contribution >= 0.6 is 0 Å². The summed E-state index contributed by atoms with van der Waals surface area (Å²) in [5.74, 6) is -0.466. The zero-order chi connectivity index (χ0) is 25.2. The fraction of sp³-hybridized carbons (Fsp3) is 0.310. The van der Waals surface area contributed by atoms with Crippen LogP contribution in [-0.4, -0.2) is 57.1 Å². The summed E-state index contributed by atoms with van der Waals surface area (Å²) in [5.41, 5.74) is 4.60. The highest BCUT2D eigenvalue weighted by Gasteiger charge is 2.30. The maximum Gasteiger partial charge on any atom is 0.188 e. The minimum Gasteiger partial charge on any atom is -0.388 e. The van der Waals surface area contributed by atoms with Crippen molar-refractivity contribution in [2.24, 2.45) is 0 Å². The second-order valence-corrected chi connectivity index (χ2v) is 9.73. The van der Waals surface area contributed by atoms with E-state index in [1.807, 2.05) is 30.6 Å². The van der Waals surface area contributed by atoms with Gasteiger partial charge in [0.15, 0.2) is 5.78 Å². The molecule has 3 heterocycles. The van der Waals surface area contributed by atoms with Gasteiger partial charge in [-0.2, -0.15) is 0 Å². The number of halogens is 1. The predicted molar refractivity (Wildman–Crippen MR) is 140 cm³/mol. The van der Waals surface area contributed by atoms with Crippen molar-refractivity contribution in [1.29, 1.82) is 0 Å². The van der Waals surface area contributed by atoms with E-state index in [9.17, 15) is 9.18 Å². The number of benzene rings is 2. The molecular formula is C29H31FN4O2. The number of carbonyl (C=O) groups excluding carboxylic acids is 1. The topological polar surface area (TPSA) is 61.6 Å². The molecule has 1 N–H and O–H groups in total. The van der Waals surface area contributed by atoms with Gasteiger partial charge < -0.3 is 14.6 Å². The van der Waals surface area contributed by atoms with E-state index in [1.54, 1.807) is 24.3 Å². The fourth-order valence-electron chi connectivity index (χ4n) is 5.18. The molecule has 1 fully saturated rings. The standard InChI is InChI=1S/C29H31FN4O2/c1-20-15-33(16-21(2)34(20)18-23-4-3-5-26(30)12-23)27-13-25-10-11-32(29(25)31-14-27)17-22-6-8-24(9-7-22)28(36)19-35/h3-14,20-21,35H,15-19H2,1-2H3/t20-,21+. The lowest BCUT2D eigenvalue weighted by Crippen LogP contribution is -2.56.